The van der Waals surface area contributed by atoms with Gasteiger partial charge in [0, 0.05) is 0 Å². The maximum absolute atomic E-state index is 5.30. The Labute approximate surface area is 130 Å². The first-order valence-corrected chi connectivity index (χ1v) is 3.55. The topological polar surface area (TPSA) is 169 Å². The van der Waals surface area contributed by atoms with Gasteiger partial charge in [-0.3, -0.25) is 5.43 Å². The van der Waals surface area contributed by atoms with Gasteiger partial charge in [-0.2, -0.15) is 10.4 Å². The number of aromatic nitrogens is 4. The van der Waals surface area contributed by atoms with Crippen LogP contribution in [0.15, 0.2) is 19.6 Å². The van der Waals surface area contributed by atoms with E-state index in [0.29, 0.717) is 0 Å². The second-order valence-electron chi connectivity index (χ2n) is 2.24. The predicted octanol–water partition coefficient (Wildman–Crippen LogP) is -2.67. The van der Waals surface area contributed by atoms with Gasteiger partial charge in [0.2, 0.25) is 0 Å². The maximum Gasteiger partial charge on any atom is 1.00 e. The Morgan fingerprint density at radius 1 is 1.00 bits per heavy atom. The molecular weight excluding hydrogens is 245 g/mol. The molecule has 0 unspecified atom stereocenters. The summed E-state index contributed by atoms with van der Waals surface area (Å²) in [6, 6.07) is 0. The normalized spacial score (nSPS) is 10.2. The zero-order valence-corrected chi connectivity index (χ0v) is 11.2. The fourth-order valence-electron chi connectivity index (χ4n) is 0.627. The molecule has 4 N–H and O–H groups in total. The monoisotopic (exact) mass is 249 g/mol. The molecule has 11 nitrogen and oxygen atoms in total. The Bertz CT molecular complexity index is 477. The molecule has 0 saturated carbocycles. The van der Waals surface area contributed by atoms with Crippen molar-refractivity contribution in [3.63, 3.8) is 0 Å². The smallest absolute Gasteiger partial charge is 0.380 e. The standard InChI is InChI=1S/C4H4N9O2.K/c5-1-3(11-14-9-1)7-13-8-4-2(6)10-15-12-4;/h(H4-,5,6,7,8,9,10,11,12);/q-1;+1. The molecule has 0 saturated heterocycles. The molecule has 0 fully saturated rings. The third-order valence-electron chi connectivity index (χ3n) is 1.27. The first-order valence-electron chi connectivity index (χ1n) is 3.55. The van der Waals surface area contributed by atoms with Crippen LogP contribution in [0.1, 0.15) is 0 Å². The van der Waals surface area contributed by atoms with Crippen LogP contribution in [0.3, 0.4) is 0 Å². The van der Waals surface area contributed by atoms with Gasteiger partial charge in [0.15, 0.2) is 17.5 Å². The van der Waals surface area contributed by atoms with E-state index < -0.39 is 0 Å². The largest absolute Gasteiger partial charge is 1.00 e. The molecule has 2 rings (SSSR count). The van der Waals surface area contributed by atoms with Crippen LogP contribution in [0.4, 0.5) is 23.3 Å². The van der Waals surface area contributed by atoms with Gasteiger partial charge < -0.3 is 16.1 Å². The van der Waals surface area contributed by atoms with Crippen LogP contribution < -0.4 is 62.9 Å². The van der Waals surface area contributed by atoms with E-state index in [1.54, 1.807) is 0 Å². The van der Waals surface area contributed by atoms with Crippen molar-refractivity contribution < 1.29 is 60.6 Å². The van der Waals surface area contributed by atoms with Gasteiger partial charge in [-0.25, -0.2) is 9.74 Å². The van der Waals surface area contributed by atoms with Crippen molar-refractivity contribution in [1.29, 1.82) is 0 Å². The van der Waals surface area contributed by atoms with Gasteiger partial charge in [0.1, 0.15) is 5.82 Å². The van der Waals surface area contributed by atoms with E-state index in [1.165, 1.54) is 0 Å². The van der Waals surface area contributed by atoms with E-state index >= 15 is 0 Å². The van der Waals surface area contributed by atoms with Crippen LogP contribution in [-0.4, -0.2) is 20.6 Å². The summed E-state index contributed by atoms with van der Waals surface area (Å²) in [5.41, 5.74) is 14.1. The zero-order chi connectivity index (χ0) is 10.7. The van der Waals surface area contributed by atoms with Crippen molar-refractivity contribution in [3.05, 3.63) is 5.43 Å². The van der Waals surface area contributed by atoms with Crippen LogP contribution in [0.5, 0.6) is 0 Å². The van der Waals surface area contributed by atoms with Gasteiger partial charge in [-0.05, 0) is 15.5 Å². The fraction of sp³-hybridized carbons (Fsp3) is 0. The molecule has 2 aromatic heterocycles. The van der Waals surface area contributed by atoms with Gasteiger partial charge in [0.25, 0.3) is 0 Å². The molecule has 0 amide bonds. The summed E-state index contributed by atoms with van der Waals surface area (Å²) in [7, 11) is 0. The van der Waals surface area contributed by atoms with Crippen molar-refractivity contribution in [1.82, 2.24) is 20.6 Å². The van der Waals surface area contributed by atoms with E-state index in [4.69, 9.17) is 11.5 Å². The predicted molar refractivity (Wildman–Crippen MR) is 45.0 cm³/mol. The van der Waals surface area contributed by atoms with E-state index in [2.05, 4.69) is 45.6 Å². The summed E-state index contributed by atoms with van der Waals surface area (Å²) in [4.78, 5) is 0. The van der Waals surface area contributed by atoms with Crippen LogP contribution in [0, 0.1) is 0 Å². The van der Waals surface area contributed by atoms with Gasteiger partial charge >= 0.3 is 51.4 Å². The average Bonchev–Trinajstić information content (AvgIpc) is 2.78. The molecule has 0 aliphatic rings. The number of nitrogens with zero attached hydrogens (tertiary/aromatic N) is 7. The summed E-state index contributed by atoms with van der Waals surface area (Å²) in [5, 5.41) is 20.0. The molecule has 0 radical (unpaired) electrons. The SMILES string of the molecule is Nc1nonc1N=N[N-]c1nonc1N.[K+]. The molecule has 78 valence electrons. The Kier molecular flexibility index (Phi) is 4.75. The minimum Gasteiger partial charge on any atom is -0.380 e. The maximum atomic E-state index is 5.30. The first kappa shape index (κ1) is 13.0. The molecule has 16 heavy (non-hydrogen) atoms. The number of rotatable bonds is 3. The van der Waals surface area contributed by atoms with Crippen LogP contribution >= 0.6 is 0 Å². The summed E-state index contributed by atoms with van der Waals surface area (Å²) in [5.74, 6) is 0.0166. The van der Waals surface area contributed by atoms with Crippen molar-refractivity contribution in [2.45, 2.75) is 0 Å². The number of nitrogen functional groups attached to an aromatic ring is 2. The summed E-state index contributed by atoms with van der Waals surface area (Å²) in [6.45, 7) is 0. The average molecular weight is 249 g/mol. The van der Waals surface area contributed by atoms with Crippen molar-refractivity contribution in [2.24, 2.45) is 10.3 Å². The van der Waals surface area contributed by atoms with Gasteiger partial charge in [-0.1, -0.05) is 0 Å². The summed E-state index contributed by atoms with van der Waals surface area (Å²) < 4.78 is 8.53. The van der Waals surface area contributed by atoms with Crippen molar-refractivity contribution in [3.8, 4) is 0 Å². The fourth-order valence-corrected chi connectivity index (χ4v) is 0.627. The zero-order valence-electron chi connectivity index (χ0n) is 8.10. The van der Waals surface area contributed by atoms with E-state index in [1.807, 2.05) is 0 Å². The minimum atomic E-state index is 0. The third-order valence-corrected chi connectivity index (χ3v) is 1.27. The minimum absolute atomic E-state index is 0. The Balaban J connectivity index is 0.00000128. The second-order valence-corrected chi connectivity index (χ2v) is 2.24. The molecule has 0 atom stereocenters. The Morgan fingerprint density at radius 2 is 1.69 bits per heavy atom. The molecule has 0 aliphatic heterocycles. The van der Waals surface area contributed by atoms with Crippen LogP contribution in [0.25, 0.3) is 5.43 Å². The third kappa shape index (κ3) is 2.95. The molecule has 2 aromatic rings. The van der Waals surface area contributed by atoms with Gasteiger partial charge in [0.05, 0.1) is 0 Å². The second kappa shape index (κ2) is 5.85. The Hall–Kier alpha value is -1.08. The number of hydrogen-bond acceptors (Lipinski definition) is 10. The number of nitrogens with two attached hydrogens (primary N) is 2. The van der Waals surface area contributed by atoms with Crippen molar-refractivity contribution >= 4 is 23.3 Å². The van der Waals surface area contributed by atoms with E-state index in [9.17, 15) is 0 Å². The van der Waals surface area contributed by atoms with E-state index in [-0.39, 0.29) is 74.7 Å². The Morgan fingerprint density at radius 3 is 2.25 bits per heavy atom. The molecule has 0 bridgehead atoms. The van der Waals surface area contributed by atoms with Gasteiger partial charge in [-0.15, -0.1) is 0 Å². The summed E-state index contributed by atoms with van der Waals surface area (Å²) >= 11 is 0. The quantitative estimate of drug-likeness (QED) is 0.337. The number of hydrogen-bond donors (Lipinski definition) is 2. The molecule has 0 aromatic carbocycles. The molecule has 2 heterocycles. The molecule has 0 aliphatic carbocycles. The van der Waals surface area contributed by atoms with Crippen LogP contribution in [-0.2, 0) is 0 Å². The van der Waals surface area contributed by atoms with Crippen LogP contribution in [0.2, 0.25) is 0 Å². The molecule has 0 spiro atoms. The summed E-state index contributed by atoms with van der Waals surface area (Å²) in [6.07, 6.45) is 0. The van der Waals surface area contributed by atoms with E-state index in [0.717, 1.165) is 0 Å². The molecule has 12 heteroatoms. The first-order chi connectivity index (χ1) is 7.27. The number of anilines is 2. The molecular formula is C4H4KN9O2. The van der Waals surface area contributed by atoms with Crippen molar-refractivity contribution in [2.75, 3.05) is 11.5 Å².